The molecule has 0 N–H and O–H groups in total. The van der Waals surface area contributed by atoms with Gasteiger partial charge in [-0.3, -0.25) is 4.79 Å². The highest BCUT2D eigenvalue weighted by molar-refractivity contribution is 5.79. The molecule has 1 aliphatic heterocycles. The summed E-state index contributed by atoms with van der Waals surface area (Å²) >= 11 is 0. The number of pyridine rings is 1. The standard InChI is InChI=1S/C24H26FNO4/c1-16-14-24(28-3,8-9-29-16)19-11-20(25)13-21(12-19)30-15-17-4-6-22-18(10-17)5-7-23(27)26(22)2/h4-7,10-13,16H,8-9,14-15H2,1-3H3/t16?,24-/m1/s1. The fraction of sp³-hybridized carbons (Fsp3) is 0.375. The molecule has 1 fully saturated rings. The summed E-state index contributed by atoms with van der Waals surface area (Å²) in [6, 6.07) is 13.9. The lowest BCUT2D eigenvalue weighted by Crippen LogP contribution is -2.39. The van der Waals surface area contributed by atoms with Gasteiger partial charge in [0, 0.05) is 39.1 Å². The van der Waals surface area contributed by atoms with E-state index in [9.17, 15) is 9.18 Å². The predicted molar refractivity (Wildman–Crippen MR) is 113 cm³/mol. The Morgan fingerprint density at radius 3 is 2.80 bits per heavy atom. The highest BCUT2D eigenvalue weighted by atomic mass is 19.1. The first-order valence-corrected chi connectivity index (χ1v) is 10.1. The fourth-order valence-corrected chi connectivity index (χ4v) is 4.22. The van der Waals surface area contributed by atoms with Crippen LogP contribution in [-0.4, -0.2) is 24.4 Å². The number of fused-ring (bicyclic) bond motifs is 1. The lowest BCUT2D eigenvalue weighted by molar-refractivity contribution is -0.122. The molecule has 0 saturated carbocycles. The third-order valence-corrected chi connectivity index (χ3v) is 5.91. The minimum Gasteiger partial charge on any atom is -0.489 e. The third-order valence-electron chi connectivity index (χ3n) is 5.91. The van der Waals surface area contributed by atoms with Crippen LogP contribution in [0.1, 0.15) is 30.9 Å². The summed E-state index contributed by atoms with van der Waals surface area (Å²) in [6.07, 6.45) is 1.37. The first-order chi connectivity index (χ1) is 14.4. The second kappa shape index (κ2) is 8.20. The van der Waals surface area contributed by atoms with E-state index >= 15 is 0 Å². The van der Waals surface area contributed by atoms with Crippen LogP contribution in [0.5, 0.6) is 5.75 Å². The number of ether oxygens (including phenoxy) is 3. The van der Waals surface area contributed by atoms with Crippen LogP contribution < -0.4 is 10.3 Å². The first kappa shape index (κ1) is 20.6. The van der Waals surface area contributed by atoms with E-state index in [0.29, 0.717) is 31.8 Å². The molecular formula is C24H26FNO4. The largest absolute Gasteiger partial charge is 0.489 e. The molecule has 1 unspecified atom stereocenters. The average molecular weight is 411 g/mol. The number of aromatic nitrogens is 1. The van der Waals surface area contributed by atoms with Gasteiger partial charge in [-0.1, -0.05) is 6.07 Å². The summed E-state index contributed by atoms with van der Waals surface area (Å²) < 4.78 is 33.4. The average Bonchev–Trinajstić information content (AvgIpc) is 2.74. The molecule has 2 heterocycles. The van der Waals surface area contributed by atoms with E-state index < -0.39 is 5.60 Å². The highest BCUT2D eigenvalue weighted by Crippen LogP contribution is 2.39. The van der Waals surface area contributed by atoms with Crippen molar-refractivity contribution < 1.29 is 18.6 Å². The SMILES string of the molecule is CO[C@]1(c2cc(F)cc(OCc3ccc4c(ccc(=O)n4C)c3)c2)CCOC(C)C1. The fourth-order valence-electron chi connectivity index (χ4n) is 4.22. The first-order valence-electron chi connectivity index (χ1n) is 10.1. The molecule has 0 bridgehead atoms. The molecule has 0 spiro atoms. The minimum atomic E-state index is -0.578. The zero-order valence-electron chi connectivity index (χ0n) is 17.5. The van der Waals surface area contributed by atoms with Gasteiger partial charge in [-0.05, 0) is 53.8 Å². The smallest absolute Gasteiger partial charge is 0.250 e. The van der Waals surface area contributed by atoms with E-state index in [0.717, 1.165) is 22.0 Å². The van der Waals surface area contributed by atoms with Crippen molar-refractivity contribution in [2.24, 2.45) is 7.05 Å². The number of nitrogens with zero attached hydrogens (tertiary/aromatic N) is 1. The number of halogens is 1. The van der Waals surface area contributed by atoms with Crippen LogP contribution in [0.3, 0.4) is 0 Å². The summed E-state index contributed by atoms with van der Waals surface area (Å²) in [5.74, 6) is 0.104. The van der Waals surface area contributed by atoms with Crippen molar-refractivity contribution in [1.29, 1.82) is 0 Å². The summed E-state index contributed by atoms with van der Waals surface area (Å²) in [5.41, 5.74) is 1.94. The molecule has 3 aromatic rings. The van der Waals surface area contributed by atoms with Crippen molar-refractivity contribution >= 4 is 10.9 Å². The summed E-state index contributed by atoms with van der Waals surface area (Å²) in [4.78, 5) is 11.8. The maximum Gasteiger partial charge on any atom is 0.250 e. The number of hydrogen-bond acceptors (Lipinski definition) is 4. The quantitative estimate of drug-likeness (QED) is 0.628. The van der Waals surface area contributed by atoms with Crippen LogP contribution in [0, 0.1) is 5.82 Å². The number of benzene rings is 2. The van der Waals surface area contributed by atoms with Crippen molar-refractivity contribution in [3.8, 4) is 5.75 Å². The van der Waals surface area contributed by atoms with E-state index in [1.807, 2.05) is 31.2 Å². The zero-order valence-corrected chi connectivity index (χ0v) is 17.5. The number of aryl methyl sites for hydroxylation is 1. The van der Waals surface area contributed by atoms with Crippen LogP contribution in [0.4, 0.5) is 4.39 Å². The van der Waals surface area contributed by atoms with Gasteiger partial charge in [0.2, 0.25) is 0 Å². The minimum absolute atomic E-state index is 0.0416. The maximum atomic E-state index is 14.4. The van der Waals surface area contributed by atoms with Gasteiger partial charge in [0.1, 0.15) is 18.2 Å². The molecular weight excluding hydrogens is 385 g/mol. The molecule has 0 aliphatic carbocycles. The van der Waals surface area contributed by atoms with Crippen molar-refractivity contribution in [3.63, 3.8) is 0 Å². The van der Waals surface area contributed by atoms with Gasteiger partial charge in [-0.25, -0.2) is 4.39 Å². The second-order valence-electron chi connectivity index (χ2n) is 7.92. The molecule has 2 atom stereocenters. The van der Waals surface area contributed by atoms with E-state index in [1.165, 1.54) is 12.1 Å². The summed E-state index contributed by atoms with van der Waals surface area (Å²) in [5, 5.41) is 0.952. The molecule has 158 valence electrons. The number of hydrogen-bond donors (Lipinski definition) is 0. The lowest BCUT2D eigenvalue weighted by Gasteiger charge is -2.39. The van der Waals surface area contributed by atoms with Gasteiger partial charge in [0.15, 0.2) is 0 Å². The third kappa shape index (κ3) is 3.98. The summed E-state index contributed by atoms with van der Waals surface area (Å²) in [6.45, 7) is 2.86. The molecule has 0 amide bonds. The van der Waals surface area contributed by atoms with Crippen molar-refractivity contribution in [2.75, 3.05) is 13.7 Å². The van der Waals surface area contributed by atoms with Gasteiger partial charge in [-0.15, -0.1) is 0 Å². The van der Waals surface area contributed by atoms with Crippen molar-refractivity contribution in [1.82, 2.24) is 4.57 Å². The van der Waals surface area contributed by atoms with Crippen molar-refractivity contribution in [2.45, 2.75) is 38.1 Å². The molecule has 1 saturated heterocycles. The Morgan fingerprint density at radius 1 is 1.20 bits per heavy atom. The van der Waals surface area contributed by atoms with Crippen LogP contribution in [-0.2, 0) is 28.7 Å². The van der Waals surface area contributed by atoms with E-state index in [1.54, 1.807) is 30.9 Å². The molecule has 1 aliphatic rings. The van der Waals surface area contributed by atoms with Crippen LogP contribution in [0.25, 0.3) is 10.9 Å². The van der Waals surface area contributed by atoms with E-state index in [2.05, 4.69) is 0 Å². The Labute approximate surface area is 175 Å². The molecule has 1 aromatic heterocycles. The van der Waals surface area contributed by atoms with Gasteiger partial charge in [0.05, 0.1) is 23.8 Å². The molecule has 30 heavy (non-hydrogen) atoms. The monoisotopic (exact) mass is 411 g/mol. The lowest BCUT2D eigenvalue weighted by atomic mass is 9.83. The number of methoxy groups -OCH3 is 1. The van der Waals surface area contributed by atoms with E-state index in [-0.39, 0.29) is 17.5 Å². The highest BCUT2D eigenvalue weighted by Gasteiger charge is 2.38. The van der Waals surface area contributed by atoms with Crippen LogP contribution >= 0.6 is 0 Å². The zero-order chi connectivity index (χ0) is 21.3. The predicted octanol–water partition coefficient (Wildman–Crippen LogP) is 4.30. The Bertz CT molecular complexity index is 1130. The maximum absolute atomic E-state index is 14.4. The van der Waals surface area contributed by atoms with E-state index in [4.69, 9.17) is 14.2 Å². The number of rotatable bonds is 5. The molecule has 0 radical (unpaired) electrons. The Kier molecular flexibility index (Phi) is 5.62. The molecule has 2 aromatic carbocycles. The Balaban J connectivity index is 1.57. The topological polar surface area (TPSA) is 49.7 Å². The molecule has 4 rings (SSSR count). The van der Waals surface area contributed by atoms with Gasteiger partial charge in [-0.2, -0.15) is 0 Å². The Hall–Kier alpha value is -2.70. The van der Waals surface area contributed by atoms with Gasteiger partial charge < -0.3 is 18.8 Å². The van der Waals surface area contributed by atoms with Crippen LogP contribution in [0.2, 0.25) is 0 Å². The van der Waals surface area contributed by atoms with Crippen molar-refractivity contribution in [3.05, 3.63) is 75.8 Å². The normalized spacial score (nSPS) is 21.7. The molecule has 5 nitrogen and oxygen atoms in total. The van der Waals surface area contributed by atoms with Gasteiger partial charge in [0.25, 0.3) is 5.56 Å². The second-order valence-corrected chi connectivity index (χ2v) is 7.92. The summed E-state index contributed by atoms with van der Waals surface area (Å²) in [7, 11) is 3.41. The Morgan fingerprint density at radius 2 is 2.03 bits per heavy atom. The molecule has 6 heteroatoms. The van der Waals surface area contributed by atoms with Crippen LogP contribution in [0.15, 0.2) is 53.3 Å². The van der Waals surface area contributed by atoms with Gasteiger partial charge >= 0.3 is 0 Å².